The lowest BCUT2D eigenvalue weighted by atomic mass is 10.0. The maximum atomic E-state index is 12.2. The quantitative estimate of drug-likeness (QED) is 0.0417. The highest BCUT2D eigenvalue weighted by Gasteiger charge is 2.22. The van der Waals surface area contributed by atoms with Gasteiger partial charge in [0, 0.05) is 12.8 Å². The van der Waals surface area contributed by atoms with Crippen LogP contribution >= 0.6 is 0 Å². The predicted molar refractivity (Wildman–Crippen MR) is 175 cm³/mol. The number of halogens is 1. The monoisotopic (exact) mass is 618 g/mol. The molecule has 0 unspecified atom stereocenters. The first-order valence-electron chi connectivity index (χ1n) is 18.1. The van der Waals surface area contributed by atoms with Crippen molar-refractivity contribution < 1.29 is 36.5 Å². The SMILES string of the molecule is CCCCCCCCCCCCCCCC(=O)CO[N+](C)(C)OCC(=O)CCCCCCCCCCCCCCC.[Cl-]. The van der Waals surface area contributed by atoms with E-state index < -0.39 is 0 Å². The van der Waals surface area contributed by atoms with E-state index in [1.807, 2.05) is 0 Å². The van der Waals surface area contributed by atoms with Gasteiger partial charge in [0.15, 0.2) is 24.8 Å². The third-order valence-electron chi connectivity index (χ3n) is 8.19. The lowest BCUT2D eigenvalue weighted by Gasteiger charge is -2.23. The van der Waals surface area contributed by atoms with E-state index in [1.165, 1.54) is 141 Å². The van der Waals surface area contributed by atoms with Crippen molar-refractivity contribution in [3.63, 3.8) is 0 Å². The zero-order valence-electron chi connectivity index (χ0n) is 28.7. The van der Waals surface area contributed by atoms with Gasteiger partial charge in [-0.1, -0.05) is 168 Å². The maximum absolute atomic E-state index is 12.2. The Labute approximate surface area is 268 Å². The van der Waals surface area contributed by atoms with Gasteiger partial charge >= 0.3 is 0 Å². The van der Waals surface area contributed by atoms with E-state index in [9.17, 15) is 9.59 Å². The number of Topliss-reactive ketones (excluding diaryl/α,β-unsaturated/α-hetero) is 2. The molecule has 0 saturated carbocycles. The number of rotatable bonds is 34. The molecular formula is C36H72ClNO4. The van der Waals surface area contributed by atoms with Crippen molar-refractivity contribution in [2.24, 2.45) is 0 Å². The minimum Gasteiger partial charge on any atom is -1.00 e. The zero-order chi connectivity index (χ0) is 30.3. The first kappa shape index (κ1) is 43.6. The minimum absolute atomic E-state index is 0. The molecule has 0 aliphatic carbocycles. The van der Waals surface area contributed by atoms with Crippen LogP contribution in [0, 0.1) is 0 Å². The van der Waals surface area contributed by atoms with Crippen molar-refractivity contribution in [2.75, 3.05) is 27.3 Å². The summed E-state index contributed by atoms with van der Waals surface area (Å²) >= 11 is 0. The van der Waals surface area contributed by atoms with Crippen LogP contribution in [0.3, 0.4) is 0 Å². The molecule has 0 N–H and O–H groups in total. The average molecular weight is 618 g/mol. The van der Waals surface area contributed by atoms with Gasteiger partial charge in [-0.25, -0.2) is 0 Å². The second-order valence-electron chi connectivity index (χ2n) is 12.9. The van der Waals surface area contributed by atoms with Gasteiger partial charge in [-0.3, -0.25) is 9.59 Å². The van der Waals surface area contributed by atoms with Gasteiger partial charge in [-0.05, 0) is 17.7 Å². The summed E-state index contributed by atoms with van der Waals surface area (Å²) in [4.78, 5) is 35.5. The van der Waals surface area contributed by atoms with E-state index in [4.69, 9.17) is 9.68 Å². The Bertz CT molecular complexity index is 537. The van der Waals surface area contributed by atoms with Crippen molar-refractivity contribution in [1.82, 2.24) is 0 Å². The third-order valence-corrected chi connectivity index (χ3v) is 8.19. The third kappa shape index (κ3) is 34.0. The number of hydrogen-bond acceptors (Lipinski definition) is 4. The normalized spacial score (nSPS) is 11.5. The molecule has 0 aromatic carbocycles. The van der Waals surface area contributed by atoms with Gasteiger partial charge in [-0.15, -0.1) is 0 Å². The van der Waals surface area contributed by atoms with Crippen LogP contribution in [0.2, 0.25) is 0 Å². The fourth-order valence-electron chi connectivity index (χ4n) is 5.32. The van der Waals surface area contributed by atoms with Crippen LogP contribution < -0.4 is 12.4 Å². The molecule has 0 heterocycles. The fourth-order valence-corrected chi connectivity index (χ4v) is 5.32. The molecule has 6 heteroatoms. The Morgan fingerprint density at radius 1 is 0.405 bits per heavy atom. The molecule has 0 radical (unpaired) electrons. The molecule has 0 fully saturated rings. The molecule has 0 spiro atoms. The predicted octanol–water partition coefficient (Wildman–Crippen LogP) is 8.03. The first-order valence-corrected chi connectivity index (χ1v) is 18.1. The topological polar surface area (TPSA) is 52.6 Å². The van der Waals surface area contributed by atoms with Crippen LogP contribution in [-0.4, -0.2) is 43.7 Å². The van der Waals surface area contributed by atoms with Gasteiger partial charge in [-0.2, -0.15) is 9.68 Å². The molecule has 5 nitrogen and oxygen atoms in total. The highest BCUT2D eigenvalue weighted by Crippen LogP contribution is 2.15. The fraction of sp³-hybridized carbons (Fsp3) is 0.944. The average Bonchev–Trinajstić information content (AvgIpc) is 2.96. The summed E-state index contributed by atoms with van der Waals surface area (Å²) in [5.41, 5.74) is 0. The van der Waals surface area contributed by atoms with Crippen molar-refractivity contribution >= 4 is 11.6 Å². The second kappa shape index (κ2) is 33.4. The lowest BCUT2D eigenvalue weighted by molar-refractivity contribution is -1.22. The highest BCUT2D eigenvalue weighted by atomic mass is 35.5. The number of nitrogens with zero attached hydrogens (tertiary/aromatic N) is 1. The Hall–Kier alpha value is -0.490. The van der Waals surface area contributed by atoms with Gasteiger partial charge in [0.05, 0.1) is 0 Å². The smallest absolute Gasteiger partial charge is 0.168 e. The highest BCUT2D eigenvalue weighted by molar-refractivity contribution is 5.79. The van der Waals surface area contributed by atoms with Gasteiger partial charge in [0.2, 0.25) is 0 Å². The van der Waals surface area contributed by atoms with E-state index >= 15 is 0 Å². The van der Waals surface area contributed by atoms with Crippen LogP contribution in [0.5, 0.6) is 0 Å². The van der Waals surface area contributed by atoms with E-state index in [1.54, 1.807) is 14.1 Å². The van der Waals surface area contributed by atoms with E-state index in [0.717, 1.165) is 25.7 Å². The molecule has 0 atom stereocenters. The molecule has 0 amide bonds. The molecule has 0 aromatic heterocycles. The first-order chi connectivity index (χ1) is 19.9. The number of hydroxylamine groups is 4. The number of hydrogen-bond donors (Lipinski definition) is 0. The van der Waals surface area contributed by atoms with Crippen LogP contribution in [0.1, 0.15) is 194 Å². The van der Waals surface area contributed by atoms with E-state index in [-0.39, 0.29) is 42.0 Å². The maximum Gasteiger partial charge on any atom is 0.168 e. The Kier molecular flexibility index (Phi) is 34.7. The number of carbonyl (C=O) groups excluding carboxylic acids is 2. The van der Waals surface area contributed by atoms with Crippen molar-refractivity contribution in [3.05, 3.63) is 0 Å². The summed E-state index contributed by atoms with van der Waals surface area (Å²) in [5.74, 6) is 0.224. The molecule has 0 saturated heterocycles. The van der Waals surface area contributed by atoms with Gasteiger partial charge in [0.1, 0.15) is 14.1 Å². The summed E-state index contributed by atoms with van der Waals surface area (Å²) in [6, 6.07) is 0. The second-order valence-corrected chi connectivity index (χ2v) is 12.9. The Morgan fingerprint density at radius 2 is 0.619 bits per heavy atom. The van der Waals surface area contributed by atoms with Crippen LogP contribution in [0.15, 0.2) is 0 Å². The molecule has 252 valence electrons. The zero-order valence-corrected chi connectivity index (χ0v) is 29.4. The standard InChI is InChI=1S/C36H72NO4.ClH/c1-5-7-9-11-13-15-17-19-21-23-25-27-29-31-35(38)33-40-37(3,4)41-34-36(39)32-30-28-26-24-22-20-18-16-14-12-10-8-6-2;/h5-34H2,1-4H3;1H/q+1;/p-1. The molecule has 0 bridgehead atoms. The number of unbranched alkanes of at least 4 members (excludes halogenated alkanes) is 24. The number of quaternary nitrogens is 1. The molecule has 0 aliphatic heterocycles. The minimum atomic E-state index is -0.214. The number of ketones is 2. The van der Waals surface area contributed by atoms with Crippen molar-refractivity contribution in [1.29, 1.82) is 0 Å². The summed E-state index contributed by atoms with van der Waals surface area (Å²) in [5, 5.41) is 0. The van der Waals surface area contributed by atoms with Gasteiger partial charge < -0.3 is 12.4 Å². The largest absolute Gasteiger partial charge is 1.00 e. The molecule has 0 aliphatic rings. The van der Waals surface area contributed by atoms with Crippen LogP contribution in [0.4, 0.5) is 0 Å². The number of carbonyl (C=O) groups is 2. The van der Waals surface area contributed by atoms with Gasteiger partial charge in [0.25, 0.3) is 0 Å². The van der Waals surface area contributed by atoms with Crippen molar-refractivity contribution in [3.8, 4) is 0 Å². The van der Waals surface area contributed by atoms with E-state index in [0.29, 0.717) is 12.8 Å². The molecule has 0 rings (SSSR count). The summed E-state index contributed by atoms with van der Waals surface area (Å²) in [6.45, 7) is 4.62. The molecule has 42 heavy (non-hydrogen) atoms. The molecule has 0 aromatic rings. The van der Waals surface area contributed by atoms with Crippen LogP contribution in [0.25, 0.3) is 0 Å². The Morgan fingerprint density at radius 3 is 0.857 bits per heavy atom. The summed E-state index contributed by atoms with van der Waals surface area (Å²) in [6.07, 6.45) is 35.0. The van der Waals surface area contributed by atoms with Crippen molar-refractivity contribution in [2.45, 2.75) is 194 Å². The summed E-state index contributed by atoms with van der Waals surface area (Å²) < 4.78 is 0. The molecular weight excluding hydrogens is 546 g/mol. The van der Waals surface area contributed by atoms with Crippen LogP contribution in [-0.2, 0) is 19.3 Å². The summed E-state index contributed by atoms with van der Waals surface area (Å²) in [7, 11) is 3.47. The lowest BCUT2D eigenvalue weighted by Crippen LogP contribution is -3.00. The van der Waals surface area contributed by atoms with E-state index in [2.05, 4.69) is 13.8 Å². The Balaban J connectivity index is 0.